The summed E-state index contributed by atoms with van der Waals surface area (Å²) in [6.07, 6.45) is -0.973. The number of hydrogen-bond donors (Lipinski definition) is 1. The van der Waals surface area contributed by atoms with Gasteiger partial charge in [0.1, 0.15) is 16.8 Å². The SMILES string of the molecule is Cc1sc(C(O)c2ccc([N+](=O)[O-])o2)cc1Br. The van der Waals surface area contributed by atoms with Gasteiger partial charge in [-0.1, -0.05) is 0 Å². The second kappa shape index (κ2) is 4.59. The summed E-state index contributed by atoms with van der Waals surface area (Å²) in [5.41, 5.74) is 0. The molecule has 1 unspecified atom stereocenters. The van der Waals surface area contributed by atoms with Crippen molar-refractivity contribution in [1.29, 1.82) is 0 Å². The Labute approximate surface area is 109 Å². The van der Waals surface area contributed by atoms with Crippen LogP contribution in [0.15, 0.2) is 27.1 Å². The van der Waals surface area contributed by atoms with Gasteiger partial charge in [0.05, 0.1) is 6.07 Å². The smallest absolute Gasteiger partial charge is 0.403 e. The van der Waals surface area contributed by atoms with Crippen LogP contribution in [0.1, 0.15) is 21.6 Å². The zero-order valence-electron chi connectivity index (χ0n) is 8.71. The number of hydrogen-bond acceptors (Lipinski definition) is 5. The number of nitro groups is 1. The third kappa shape index (κ3) is 2.41. The molecule has 0 aliphatic rings. The quantitative estimate of drug-likeness (QED) is 0.695. The summed E-state index contributed by atoms with van der Waals surface area (Å²) in [7, 11) is 0. The van der Waals surface area contributed by atoms with Gasteiger partial charge in [-0.15, -0.1) is 11.3 Å². The van der Waals surface area contributed by atoms with Crippen molar-refractivity contribution >= 4 is 33.2 Å². The second-order valence-electron chi connectivity index (χ2n) is 3.39. The number of aliphatic hydroxyl groups is 1. The lowest BCUT2D eigenvalue weighted by atomic mass is 10.2. The fraction of sp³-hybridized carbons (Fsp3) is 0.200. The molecular formula is C10H8BrNO4S. The van der Waals surface area contributed by atoms with Crippen LogP contribution in [0.5, 0.6) is 0 Å². The molecule has 0 aliphatic carbocycles. The molecule has 2 aromatic rings. The van der Waals surface area contributed by atoms with Crippen molar-refractivity contribution in [3.63, 3.8) is 0 Å². The Bertz CT molecular complexity index is 543. The maximum absolute atomic E-state index is 10.5. The van der Waals surface area contributed by atoms with E-state index in [1.54, 1.807) is 6.07 Å². The van der Waals surface area contributed by atoms with E-state index in [2.05, 4.69) is 15.9 Å². The zero-order valence-corrected chi connectivity index (χ0v) is 11.1. The van der Waals surface area contributed by atoms with Gasteiger partial charge in [0, 0.05) is 14.2 Å². The van der Waals surface area contributed by atoms with Gasteiger partial charge in [-0.25, -0.2) is 0 Å². The van der Waals surface area contributed by atoms with E-state index in [9.17, 15) is 15.2 Å². The number of halogens is 1. The molecule has 0 aromatic carbocycles. The molecule has 7 heteroatoms. The molecule has 1 atom stereocenters. The Balaban J connectivity index is 2.30. The lowest BCUT2D eigenvalue weighted by molar-refractivity contribution is -0.402. The summed E-state index contributed by atoms with van der Waals surface area (Å²) in [4.78, 5) is 11.5. The van der Waals surface area contributed by atoms with Crippen LogP contribution in [0.3, 0.4) is 0 Å². The molecule has 90 valence electrons. The van der Waals surface area contributed by atoms with Gasteiger partial charge in [0.2, 0.25) is 0 Å². The standard InChI is InChI=1S/C10H8BrNO4S/c1-5-6(11)4-8(17-5)10(13)7-2-3-9(16-7)12(14)15/h2-4,10,13H,1H3. The topological polar surface area (TPSA) is 76.5 Å². The molecule has 0 saturated carbocycles. The van der Waals surface area contributed by atoms with E-state index >= 15 is 0 Å². The predicted molar refractivity (Wildman–Crippen MR) is 66.2 cm³/mol. The Morgan fingerprint density at radius 3 is 2.76 bits per heavy atom. The fourth-order valence-electron chi connectivity index (χ4n) is 1.34. The monoisotopic (exact) mass is 317 g/mol. The van der Waals surface area contributed by atoms with Gasteiger partial charge in [0.15, 0.2) is 0 Å². The van der Waals surface area contributed by atoms with Gasteiger partial charge in [-0.3, -0.25) is 10.1 Å². The van der Waals surface area contributed by atoms with E-state index in [0.717, 1.165) is 9.35 Å². The van der Waals surface area contributed by atoms with Gasteiger partial charge < -0.3 is 9.52 Å². The normalized spacial score (nSPS) is 12.6. The summed E-state index contributed by atoms with van der Waals surface area (Å²) in [5.74, 6) is -0.197. The molecule has 0 saturated heterocycles. The number of rotatable bonds is 3. The number of aryl methyl sites for hydroxylation is 1. The molecule has 2 aromatic heterocycles. The van der Waals surface area contributed by atoms with Crippen LogP contribution >= 0.6 is 27.3 Å². The predicted octanol–water partition coefficient (Wildman–Crippen LogP) is 3.40. The number of aliphatic hydroxyl groups excluding tert-OH is 1. The first-order valence-electron chi connectivity index (χ1n) is 4.67. The molecule has 0 radical (unpaired) electrons. The third-order valence-electron chi connectivity index (χ3n) is 2.21. The van der Waals surface area contributed by atoms with Crippen LogP contribution in [-0.4, -0.2) is 10.0 Å². The maximum Gasteiger partial charge on any atom is 0.433 e. The number of thiophene rings is 1. The second-order valence-corrected chi connectivity index (χ2v) is 5.53. The van der Waals surface area contributed by atoms with E-state index in [0.29, 0.717) is 4.88 Å². The molecule has 0 spiro atoms. The highest BCUT2D eigenvalue weighted by Crippen LogP contribution is 2.34. The van der Waals surface area contributed by atoms with E-state index < -0.39 is 11.0 Å². The van der Waals surface area contributed by atoms with Crippen molar-refractivity contribution in [2.45, 2.75) is 13.0 Å². The summed E-state index contributed by atoms with van der Waals surface area (Å²) in [6.45, 7) is 1.91. The first-order chi connectivity index (χ1) is 7.99. The Morgan fingerprint density at radius 2 is 2.29 bits per heavy atom. The lowest BCUT2D eigenvalue weighted by Crippen LogP contribution is -1.94. The molecule has 2 rings (SSSR count). The minimum absolute atomic E-state index is 0.172. The molecule has 5 nitrogen and oxygen atoms in total. The first-order valence-corrected chi connectivity index (χ1v) is 6.28. The van der Waals surface area contributed by atoms with Crippen molar-refractivity contribution in [2.75, 3.05) is 0 Å². The molecule has 2 heterocycles. The lowest BCUT2D eigenvalue weighted by Gasteiger charge is -2.03. The Morgan fingerprint density at radius 1 is 1.59 bits per heavy atom. The summed E-state index contributed by atoms with van der Waals surface area (Å²) in [5, 5.41) is 20.5. The van der Waals surface area contributed by atoms with Crippen molar-refractivity contribution < 1.29 is 14.4 Å². The van der Waals surface area contributed by atoms with Crippen LogP contribution in [0.4, 0.5) is 5.88 Å². The Kier molecular flexibility index (Phi) is 3.32. The summed E-state index contributed by atoms with van der Waals surface area (Å²) < 4.78 is 5.85. The van der Waals surface area contributed by atoms with Gasteiger partial charge in [-0.2, -0.15) is 0 Å². The average Bonchev–Trinajstić information content (AvgIpc) is 2.86. The van der Waals surface area contributed by atoms with E-state index in [1.807, 2.05) is 6.92 Å². The van der Waals surface area contributed by atoms with Crippen molar-refractivity contribution in [3.8, 4) is 0 Å². The molecule has 17 heavy (non-hydrogen) atoms. The number of furan rings is 1. The summed E-state index contributed by atoms with van der Waals surface area (Å²) >= 11 is 4.75. The molecular weight excluding hydrogens is 310 g/mol. The van der Waals surface area contributed by atoms with E-state index in [1.165, 1.54) is 23.5 Å². The molecule has 0 fully saturated rings. The average molecular weight is 318 g/mol. The summed E-state index contributed by atoms with van der Waals surface area (Å²) in [6, 6.07) is 4.42. The van der Waals surface area contributed by atoms with Crippen LogP contribution in [0.2, 0.25) is 0 Å². The van der Waals surface area contributed by atoms with Crippen LogP contribution in [0, 0.1) is 17.0 Å². The van der Waals surface area contributed by atoms with Crippen LogP contribution < -0.4 is 0 Å². The highest BCUT2D eigenvalue weighted by Gasteiger charge is 2.21. The van der Waals surface area contributed by atoms with Crippen molar-refractivity contribution in [2.24, 2.45) is 0 Å². The maximum atomic E-state index is 10.5. The number of nitrogens with zero attached hydrogens (tertiary/aromatic N) is 1. The van der Waals surface area contributed by atoms with Gasteiger partial charge in [-0.05, 0) is 35.0 Å². The Hall–Kier alpha value is -1.18. The van der Waals surface area contributed by atoms with Gasteiger partial charge >= 0.3 is 5.88 Å². The molecule has 1 N–H and O–H groups in total. The van der Waals surface area contributed by atoms with Crippen LogP contribution in [0.25, 0.3) is 0 Å². The minimum Gasteiger partial charge on any atom is -0.403 e. The fourth-order valence-corrected chi connectivity index (χ4v) is 2.90. The van der Waals surface area contributed by atoms with Crippen LogP contribution in [-0.2, 0) is 0 Å². The third-order valence-corrected chi connectivity index (χ3v) is 4.40. The highest BCUT2D eigenvalue weighted by molar-refractivity contribution is 9.10. The zero-order chi connectivity index (χ0) is 12.6. The van der Waals surface area contributed by atoms with Crippen molar-refractivity contribution in [1.82, 2.24) is 0 Å². The molecule has 0 amide bonds. The van der Waals surface area contributed by atoms with Crippen molar-refractivity contribution in [3.05, 3.63) is 48.3 Å². The van der Waals surface area contributed by atoms with E-state index in [-0.39, 0.29) is 11.6 Å². The molecule has 0 bridgehead atoms. The largest absolute Gasteiger partial charge is 0.433 e. The van der Waals surface area contributed by atoms with E-state index in [4.69, 9.17) is 4.42 Å². The molecule has 0 aliphatic heterocycles. The first kappa shape index (κ1) is 12.3. The minimum atomic E-state index is -0.973. The highest BCUT2D eigenvalue weighted by atomic mass is 79.9. The van der Waals surface area contributed by atoms with Gasteiger partial charge in [0.25, 0.3) is 0 Å².